The van der Waals surface area contributed by atoms with E-state index in [4.69, 9.17) is 4.74 Å². The monoisotopic (exact) mass is 474 g/mol. The fraction of sp³-hybridized carbons (Fsp3) is 0.222. The van der Waals surface area contributed by atoms with E-state index in [2.05, 4.69) is 22.8 Å². The molecule has 0 fully saturated rings. The average molecular weight is 475 g/mol. The molecular formula is C27H26N2O6. The van der Waals surface area contributed by atoms with Crippen molar-refractivity contribution in [2.24, 2.45) is 0 Å². The second-order valence-corrected chi connectivity index (χ2v) is 8.49. The van der Waals surface area contributed by atoms with Crippen LogP contribution in [-0.4, -0.2) is 40.8 Å². The third-order valence-electron chi connectivity index (χ3n) is 6.02. The minimum absolute atomic E-state index is 0.0389. The number of phenolic OH excluding ortho intramolecular Hbond substituents is 1. The molecule has 0 bridgehead atoms. The SMILES string of the molecule is CC(CCC(=O)Nc1ccc(O)cc1C(=O)O)NC(=O)OCC1c2ccccc2-c2ccccc21. The summed E-state index contributed by atoms with van der Waals surface area (Å²) in [7, 11) is 0. The number of hydrogen-bond donors (Lipinski definition) is 4. The van der Waals surface area contributed by atoms with Gasteiger partial charge in [0.15, 0.2) is 0 Å². The lowest BCUT2D eigenvalue weighted by atomic mass is 9.98. The summed E-state index contributed by atoms with van der Waals surface area (Å²) >= 11 is 0. The smallest absolute Gasteiger partial charge is 0.407 e. The molecule has 0 spiro atoms. The molecule has 0 aliphatic heterocycles. The highest BCUT2D eigenvalue weighted by Gasteiger charge is 2.29. The lowest BCUT2D eigenvalue weighted by molar-refractivity contribution is -0.116. The maximum absolute atomic E-state index is 12.4. The van der Waals surface area contributed by atoms with Gasteiger partial charge in [-0.3, -0.25) is 4.79 Å². The molecule has 8 nitrogen and oxygen atoms in total. The van der Waals surface area contributed by atoms with Crippen LogP contribution < -0.4 is 10.6 Å². The highest BCUT2D eigenvalue weighted by Crippen LogP contribution is 2.44. The number of fused-ring (bicyclic) bond motifs is 3. The summed E-state index contributed by atoms with van der Waals surface area (Å²) in [6.45, 7) is 1.96. The summed E-state index contributed by atoms with van der Waals surface area (Å²) < 4.78 is 5.53. The van der Waals surface area contributed by atoms with Crippen molar-refractivity contribution < 1.29 is 29.3 Å². The van der Waals surface area contributed by atoms with Gasteiger partial charge in [-0.1, -0.05) is 48.5 Å². The topological polar surface area (TPSA) is 125 Å². The highest BCUT2D eigenvalue weighted by atomic mass is 16.5. The lowest BCUT2D eigenvalue weighted by Crippen LogP contribution is -2.34. The van der Waals surface area contributed by atoms with Crippen LogP contribution in [0.2, 0.25) is 0 Å². The molecule has 1 unspecified atom stereocenters. The van der Waals surface area contributed by atoms with Crippen LogP contribution in [0.15, 0.2) is 66.7 Å². The van der Waals surface area contributed by atoms with Gasteiger partial charge in [0.25, 0.3) is 0 Å². The molecule has 8 heteroatoms. The van der Waals surface area contributed by atoms with E-state index in [1.807, 2.05) is 36.4 Å². The molecule has 1 aliphatic carbocycles. The van der Waals surface area contributed by atoms with Gasteiger partial charge in [0.1, 0.15) is 12.4 Å². The molecule has 0 saturated heterocycles. The van der Waals surface area contributed by atoms with E-state index < -0.39 is 18.0 Å². The zero-order valence-corrected chi connectivity index (χ0v) is 19.2. The molecule has 0 saturated carbocycles. The van der Waals surface area contributed by atoms with Gasteiger partial charge in [0.2, 0.25) is 5.91 Å². The van der Waals surface area contributed by atoms with Gasteiger partial charge < -0.3 is 25.6 Å². The first-order valence-electron chi connectivity index (χ1n) is 11.3. The van der Waals surface area contributed by atoms with Gasteiger partial charge >= 0.3 is 12.1 Å². The Labute approximate surface area is 202 Å². The van der Waals surface area contributed by atoms with E-state index in [0.29, 0.717) is 6.42 Å². The highest BCUT2D eigenvalue weighted by molar-refractivity contribution is 6.00. The maximum Gasteiger partial charge on any atom is 0.407 e. The van der Waals surface area contributed by atoms with Crippen molar-refractivity contribution in [1.29, 1.82) is 0 Å². The number of carbonyl (C=O) groups excluding carboxylic acids is 2. The Hall–Kier alpha value is -4.33. The molecule has 180 valence electrons. The molecule has 0 heterocycles. The van der Waals surface area contributed by atoms with Gasteiger partial charge in [0.05, 0.1) is 11.3 Å². The van der Waals surface area contributed by atoms with Crippen molar-refractivity contribution in [2.45, 2.75) is 31.7 Å². The predicted molar refractivity (Wildman–Crippen MR) is 131 cm³/mol. The number of amides is 2. The molecule has 2 amide bonds. The number of aromatic hydroxyl groups is 1. The molecule has 4 N–H and O–H groups in total. The summed E-state index contributed by atoms with van der Waals surface area (Å²) in [6.07, 6.45) is -0.173. The number of phenols is 1. The Bertz CT molecular complexity index is 1230. The van der Waals surface area contributed by atoms with E-state index >= 15 is 0 Å². The maximum atomic E-state index is 12.4. The normalized spacial score (nSPS) is 12.8. The Morgan fingerprint density at radius 3 is 2.23 bits per heavy atom. The molecular weight excluding hydrogens is 448 g/mol. The van der Waals surface area contributed by atoms with E-state index in [1.54, 1.807) is 6.92 Å². The van der Waals surface area contributed by atoms with Gasteiger partial charge in [0, 0.05) is 18.4 Å². The van der Waals surface area contributed by atoms with Crippen molar-refractivity contribution in [1.82, 2.24) is 5.32 Å². The Morgan fingerprint density at radius 1 is 0.971 bits per heavy atom. The van der Waals surface area contributed by atoms with Crippen molar-refractivity contribution in [3.05, 3.63) is 83.4 Å². The molecule has 0 aromatic heterocycles. The Kier molecular flexibility index (Phi) is 7.01. The summed E-state index contributed by atoms with van der Waals surface area (Å²) in [5.41, 5.74) is 4.44. The van der Waals surface area contributed by atoms with E-state index in [1.165, 1.54) is 12.1 Å². The van der Waals surface area contributed by atoms with E-state index in [9.17, 15) is 24.6 Å². The van der Waals surface area contributed by atoms with Crippen LogP contribution in [0, 0.1) is 0 Å². The van der Waals surface area contributed by atoms with Crippen LogP contribution in [0.4, 0.5) is 10.5 Å². The first-order valence-corrected chi connectivity index (χ1v) is 11.3. The number of hydrogen-bond acceptors (Lipinski definition) is 5. The number of carboxylic acids is 1. The van der Waals surface area contributed by atoms with Crippen LogP contribution >= 0.6 is 0 Å². The zero-order chi connectivity index (χ0) is 24.9. The van der Waals surface area contributed by atoms with Crippen LogP contribution in [0.1, 0.15) is 47.2 Å². The molecule has 1 aliphatic rings. The van der Waals surface area contributed by atoms with Crippen LogP contribution in [0.3, 0.4) is 0 Å². The largest absolute Gasteiger partial charge is 0.508 e. The molecule has 3 aromatic carbocycles. The minimum atomic E-state index is -1.26. The average Bonchev–Trinajstić information content (AvgIpc) is 3.16. The van der Waals surface area contributed by atoms with E-state index in [-0.39, 0.29) is 42.0 Å². The quantitative estimate of drug-likeness (QED) is 0.350. The van der Waals surface area contributed by atoms with Gasteiger partial charge in [-0.15, -0.1) is 0 Å². The molecule has 35 heavy (non-hydrogen) atoms. The summed E-state index contributed by atoms with van der Waals surface area (Å²) in [5.74, 6) is -1.91. The number of carbonyl (C=O) groups is 3. The Morgan fingerprint density at radius 2 is 1.60 bits per heavy atom. The van der Waals surface area contributed by atoms with Crippen LogP contribution in [0.25, 0.3) is 11.1 Å². The van der Waals surface area contributed by atoms with Gasteiger partial charge in [-0.2, -0.15) is 0 Å². The number of ether oxygens (including phenoxy) is 1. The summed E-state index contributed by atoms with van der Waals surface area (Å²) in [4.78, 5) is 36.0. The fourth-order valence-corrected chi connectivity index (χ4v) is 4.29. The fourth-order valence-electron chi connectivity index (χ4n) is 4.29. The first-order chi connectivity index (χ1) is 16.8. The molecule has 3 aromatic rings. The third kappa shape index (κ3) is 5.43. The number of aromatic carboxylic acids is 1. The second kappa shape index (κ2) is 10.3. The van der Waals surface area contributed by atoms with Gasteiger partial charge in [-0.05, 0) is 53.8 Å². The Balaban J connectivity index is 1.27. The van der Waals surface area contributed by atoms with Crippen molar-refractivity contribution in [3.63, 3.8) is 0 Å². The van der Waals surface area contributed by atoms with Crippen LogP contribution in [-0.2, 0) is 9.53 Å². The number of nitrogens with one attached hydrogen (secondary N) is 2. The summed E-state index contributed by atoms with van der Waals surface area (Å²) in [6, 6.07) is 19.5. The van der Waals surface area contributed by atoms with Gasteiger partial charge in [-0.25, -0.2) is 9.59 Å². The zero-order valence-electron chi connectivity index (χ0n) is 19.2. The van der Waals surface area contributed by atoms with Crippen molar-refractivity contribution in [3.8, 4) is 16.9 Å². The number of rotatable bonds is 8. The summed E-state index contributed by atoms with van der Waals surface area (Å²) in [5, 5.41) is 24.0. The third-order valence-corrected chi connectivity index (χ3v) is 6.02. The molecule has 4 rings (SSSR count). The second-order valence-electron chi connectivity index (χ2n) is 8.49. The molecule has 1 atom stereocenters. The first kappa shape index (κ1) is 23.8. The number of anilines is 1. The lowest BCUT2D eigenvalue weighted by Gasteiger charge is -2.17. The van der Waals surface area contributed by atoms with Crippen molar-refractivity contribution >= 4 is 23.7 Å². The number of alkyl carbamates (subject to hydrolysis) is 1. The predicted octanol–water partition coefficient (Wildman–Crippen LogP) is 4.74. The van der Waals surface area contributed by atoms with Crippen molar-refractivity contribution in [2.75, 3.05) is 11.9 Å². The van der Waals surface area contributed by atoms with E-state index in [0.717, 1.165) is 28.3 Å². The molecule has 0 radical (unpaired) electrons. The number of benzene rings is 3. The number of carboxylic acid groups (broad SMARTS) is 1. The standard InChI is InChI=1S/C27H26N2O6/c1-16(10-13-25(31)29-24-12-11-17(30)14-22(24)26(32)33)28-27(34)35-15-23-20-8-4-2-6-18(20)19-7-3-5-9-21(19)23/h2-9,11-12,14,16,23,30H,10,13,15H2,1H3,(H,28,34)(H,29,31)(H,32,33). The minimum Gasteiger partial charge on any atom is -0.508 e. The van der Waals surface area contributed by atoms with Crippen LogP contribution in [0.5, 0.6) is 5.75 Å².